The number of hydrogen-bond acceptors (Lipinski definition) is 4. The molecule has 18 heavy (non-hydrogen) atoms. The van der Waals surface area contributed by atoms with Crippen molar-refractivity contribution >= 4 is 16.7 Å². The van der Waals surface area contributed by atoms with Gasteiger partial charge in [0.2, 0.25) is 0 Å². The van der Waals surface area contributed by atoms with Crippen LogP contribution in [0.15, 0.2) is 16.9 Å². The zero-order valence-corrected chi connectivity index (χ0v) is 9.73. The first-order valence-corrected chi connectivity index (χ1v) is 5.63. The molecule has 0 saturated carbocycles. The third-order valence-corrected chi connectivity index (χ3v) is 3.37. The zero-order valence-electron chi connectivity index (χ0n) is 9.73. The van der Waals surface area contributed by atoms with E-state index in [1.807, 2.05) is 0 Å². The molecule has 0 fully saturated rings. The van der Waals surface area contributed by atoms with E-state index in [1.165, 1.54) is 10.6 Å². The molecule has 0 spiro atoms. The minimum Gasteiger partial charge on any atom is -0.507 e. The summed E-state index contributed by atoms with van der Waals surface area (Å²) in [6.45, 7) is 1.98. The van der Waals surface area contributed by atoms with E-state index in [-0.39, 0.29) is 41.4 Å². The molecular formula is C13H11NO4. The number of phenolic OH excluding ortho intramolecular Hbond substituents is 2. The highest BCUT2D eigenvalue weighted by molar-refractivity contribution is 6.12. The fourth-order valence-corrected chi connectivity index (χ4v) is 2.58. The lowest BCUT2D eigenvalue weighted by Crippen LogP contribution is -2.27. The number of nitrogens with zero attached hydrogens (tertiary/aromatic N) is 1. The maximum atomic E-state index is 11.9. The number of aromatic nitrogens is 1. The van der Waals surface area contributed by atoms with Crippen LogP contribution in [0.2, 0.25) is 0 Å². The maximum absolute atomic E-state index is 11.9. The molecule has 2 N–H and O–H groups in total. The van der Waals surface area contributed by atoms with Crippen LogP contribution in [-0.2, 0) is 6.54 Å². The van der Waals surface area contributed by atoms with Crippen LogP contribution in [0.3, 0.4) is 0 Å². The van der Waals surface area contributed by atoms with Gasteiger partial charge in [-0.1, -0.05) is 0 Å². The van der Waals surface area contributed by atoms with Crippen LogP contribution in [0, 0.1) is 6.92 Å². The van der Waals surface area contributed by atoms with Gasteiger partial charge in [-0.2, -0.15) is 0 Å². The third kappa shape index (κ3) is 1.21. The maximum Gasteiger partial charge on any atom is 0.251 e. The highest BCUT2D eigenvalue weighted by atomic mass is 16.3. The van der Waals surface area contributed by atoms with E-state index < -0.39 is 0 Å². The average molecular weight is 245 g/mol. The second kappa shape index (κ2) is 3.35. The van der Waals surface area contributed by atoms with Gasteiger partial charge < -0.3 is 14.8 Å². The molecule has 5 nitrogen and oxygen atoms in total. The van der Waals surface area contributed by atoms with E-state index in [1.54, 1.807) is 6.92 Å². The summed E-state index contributed by atoms with van der Waals surface area (Å²) in [4.78, 5) is 23.8. The lowest BCUT2D eigenvalue weighted by atomic mass is 9.96. The van der Waals surface area contributed by atoms with E-state index >= 15 is 0 Å². The summed E-state index contributed by atoms with van der Waals surface area (Å²) in [7, 11) is 0. The van der Waals surface area contributed by atoms with Crippen molar-refractivity contribution in [2.24, 2.45) is 0 Å². The molecule has 0 amide bonds. The molecule has 2 heterocycles. The molecule has 2 aromatic rings. The van der Waals surface area contributed by atoms with Gasteiger partial charge in [0.05, 0.1) is 11.1 Å². The van der Waals surface area contributed by atoms with Crippen molar-refractivity contribution in [1.29, 1.82) is 0 Å². The second-order valence-electron chi connectivity index (χ2n) is 4.50. The number of hydrogen-bond donors (Lipinski definition) is 2. The van der Waals surface area contributed by atoms with Crippen molar-refractivity contribution in [2.75, 3.05) is 0 Å². The van der Waals surface area contributed by atoms with E-state index in [0.29, 0.717) is 16.5 Å². The Balaban J connectivity index is 2.68. The highest BCUT2D eigenvalue weighted by Gasteiger charge is 2.26. The Labute approximate surface area is 102 Å². The van der Waals surface area contributed by atoms with Crippen molar-refractivity contribution in [3.8, 4) is 11.5 Å². The molecule has 1 aliphatic rings. The van der Waals surface area contributed by atoms with E-state index in [4.69, 9.17) is 0 Å². The number of rotatable bonds is 0. The van der Waals surface area contributed by atoms with Crippen LogP contribution in [0.5, 0.6) is 11.5 Å². The number of aryl methyl sites for hydroxylation is 2. The fourth-order valence-electron chi connectivity index (χ4n) is 2.58. The van der Waals surface area contributed by atoms with E-state index in [9.17, 15) is 19.8 Å². The van der Waals surface area contributed by atoms with Crippen LogP contribution in [0.4, 0.5) is 0 Å². The SMILES string of the molecule is Cc1cc(=O)n2c3c(c(O)cc(O)c13)C(=O)CC2. The number of carbonyl (C=O) groups is 1. The van der Waals surface area contributed by atoms with Gasteiger partial charge in [-0.05, 0) is 12.5 Å². The number of ketones is 1. The number of pyridine rings is 1. The molecule has 5 heteroatoms. The molecule has 0 bridgehead atoms. The standard InChI is InChI=1S/C13H11NO4/c1-6-4-10(18)14-3-2-7(15)12-9(17)5-8(16)11(6)13(12)14/h4-5,16-17H,2-3H2,1H3. The molecule has 0 unspecified atom stereocenters. The Bertz CT molecular complexity index is 758. The number of Topliss-reactive ketones (excluding diaryl/α,β-unsaturated/α-hetero) is 1. The summed E-state index contributed by atoms with van der Waals surface area (Å²) in [5.41, 5.74) is 0.849. The van der Waals surface area contributed by atoms with Crippen molar-refractivity contribution in [3.05, 3.63) is 33.6 Å². The van der Waals surface area contributed by atoms with Crippen LogP contribution >= 0.6 is 0 Å². The summed E-state index contributed by atoms with van der Waals surface area (Å²) in [5.74, 6) is -0.599. The second-order valence-corrected chi connectivity index (χ2v) is 4.50. The summed E-state index contributed by atoms with van der Waals surface area (Å²) in [5, 5.41) is 20.1. The molecular weight excluding hydrogens is 234 g/mol. The predicted molar refractivity (Wildman–Crippen MR) is 65.2 cm³/mol. The van der Waals surface area contributed by atoms with Crippen molar-refractivity contribution in [2.45, 2.75) is 19.9 Å². The van der Waals surface area contributed by atoms with Crippen LogP contribution in [-0.4, -0.2) is 20.6 Å². The van der Waals surface area contributed by atoms with Gasteiger partial charge in [0.1, 0.15) is 11.5 Å². The van der Waals surface area contributed by atoms with Gasteiger partial charge in [-0.15, -0.1) is 0 Å². The van der Waals surface area contributed by atoms with Gasteiger partial charge in [0.15, 0.2) is 5.78 Å². The largest absolute Gasteiger partial charge is 0.507 e. The highest BCUT2D eigenvalue weighted by Crippen LogP contribution is 2.38. The fraction of sp³-hybridized carbons (Fsp3) is 0.231. The molecule has 0 radical (unpaired) electrons. The molecule has 0 saturated heterocycles. The van der Waals surface area contributed by atoms with Gasteiger partial charge in [-0.25, -0.2) is 0 Å². The summed E-state index contributed by atoms with van der Waals surface area (Å²) < 4.78 is 1.43. The lowest BCUT2D eigenvalue weighted by molar-refractivity contribution is 0.0970. The van der Waals surface area contributed by atoms with Gasteiger partial charge in [0.25, 0.3) is 5.56 Å². The first-order valence-electron chi connectivity index (χ1n) is 5.63. The lowest BCUT2D eigenvalue weighted by Gasteiger charge is -2.20. The molecule has 1 aromatic heterocycles. The van der Waals surface area contributed by atoms with Crippen LogP contribution in [0.25, 0.3) is 10.9 Å². The number of aromatic hydroxyl groups is 2. The Morgan fingerprint density at radius 3 is 2.61 bits per heavy atom. The molecule has 1 aliphatic heterocycles. The topological polar surface area (TPSA) is 79.5 Å². The molecule has 92 valence electrons. The first kappa shape index (κ1) is 10.8. The van der Waals surface area contributed by atoms with E-state index in [0.717, 1.165) is 6.07 Å². The Morgan fingerprint density at radius 2 is 1.89 bits per heavy atom. The molecule has 0 aliphatic carbocycles. The average Bonchev–Trinajstić information content (AvgIpc) is 2.27. The summed E-state index contributed by atoms with van der Waals surface area (Å²) in [6.07, 6.45) is 0.184. The molecule has 1 aromatic carbocycles. The minimum absolute atomic E-state index is 0.118. The van der Waals surface area contributed by atoms with E-state index in [2.05, 4.69) is 0 Å². The quantitative estimate of drug-likeness (QED) is 0.733. The van der Waals surface area contributed by atoms with Gasteiger partial charge >= 0.3 is 0 Å². The smallest absolute Gasteiger partial charge is 0.251 e. The number of carbonyl (C=O) groups excluding carboxylic acids is 1. The van der Waals surface area contributed by atoms with Gasteiger partial charge in [-0.3, -0.25) is 9.59 Å². The Kier molecular flexibility index (Phi) is 2.02. The number of phenols is 2. The monoisotopic (exact) mass is 245 g/mol. The minimum atomic E-state index is -0.275. The van der Waals surface area contributed by atoms with Crippen molar-refractivity contribution in [1.82, 2.24) is 4.57 Å². The van der Waals surface area contributed by atoms with Crippen molar-refractivity contribution in [3.63, 3.8) is 0 Å². The third-order valence-electron chi connectivity index (χ3n) is 3.37. The van der Waals surface area contributed by atoms with Gasteiger partial charge in [0, 0.05) is 30.5 Å². The molecule has 3 rings (SSSR count). The Hall–Kier alpha value is -2.30. The normalized spacial score (nSPS) is 14.2. The Morgan fingerprint density at radius 1 is 1.17 bits per heavy atom. The zero-order chi connectivity index (χ0) is 13.0. The van der Waals surface area contributed by atoms with Crippen LogP contribution < -0.4 is 5.56 Å². The number of benzene rings is 1. The van der Waals surface area contributed by atoms with Crippen molar-refractivity contribution < 1.29 is 15.0 Å². The van der Waals surface area contributed by atoms with Crippen LogP contribution in [0.1, 0.15) is 22.3 Å². The predicted octanol–water partition coefficient (Wildman–Crippen LogP) is 1.31. The summed E-state index contributed by atoms with van der Waals surface area (Å²) >= 11 is 0. The molecule has 0 atom stereocenters. The summed E-state index contributed by atoms with van der Waals surface area (Å²) in [6, 6.07) is 2.58. The first-order chi connectivity index (χ1) is 8.50.